The van der Waals surface area contributed by atoms with E-state index in [4.69, 9.17) is 0 Å². The Kier molecular flexibility index (Phi) is 4.02. The fourth-order valence-corrected chi connectivity index (χ4v) is 3.55. The summed E-state index contributed by atoms with van der Waals surface area (Å²) < 4.78 is 27.2. The van der Waals surface area contributed by atoms with Crippen molar-refractivity contribution in [3.05, 3.63) is 48.2 Å². The summed E-state index contributed by atoms with van der Waals surface area (Å²) in [6, 6.07) is 10.4. The quantitative estimate of drug-likeness (QED) is 0.942. The normalized spacial score (nSPS) is 15.0. The second-order valence-corrected chi connectivity index (χ2v) is 7.20. The van der Waals surface area contributed by atoms with Crippen LogP contribution in [0.2, 0.25) is 0 Å². The number of hydrogen-bond acceptors (Lipinski definition) is 4. The van der Waals surface area contributed by atoms with Gasteiger partial charge in [-0.05, 0) is 44.0 Å². The maximum absolute atomic E-state index is 12.3. The summed E-state index contributed by atoms with van der Waals surface area (Å²) >= 11 is 0. The van der Waals surface area contributed by atoms with Crippen LogP contribution < -0.4 is 9.62 Å². The molecule has 1 saturated heterocycles. The standard InChI is InChI=1S/C16H19N3O2S/c1-13-4-7-15(8-5-13)22(20,21)18-14-6-9-16(17-12-14)19-10-2-3-11-19/h4-9,12,18H,2-3,10-11H2,1H3. The van der Waals surface area contributed by atoms with E-state index in [1.54, 1.807) is 36.5 Å². The maximum Gasteiger partial charge on any atom is 0.261 e. The molecule has 0 aliphatic carbocycles. The van der Waals surface area contributed by atoms with Gasteiger partial charge in [0.05, 0.1) is 16.8 Å². The SMILES string of the molecule is Cc1ccc(S(=O)(=O)Nc2ccc(N3CCCC3)nc2)cc1. The van der Waals surface area contributed by atoms with Gasteiger partial charge in [0.25, 0.3) is 10.0 Å². The van der Waals surface area contributed by atoms with Crippen LogP contribution >= 0.6 is 0 Å². The maximum atomic E-state index is 12.3. The molecule has 2 aromatic rings. The molecule has 22 heavy (non-hydrogen) atoms. The lowest BCUT2D eigenvalue weighted by Crippen LogP contribution is -2.19. The Morgan fingerprint density at radius 2 is 1.73 bits per heavy atom. The fraction of sp³-hybridized carbons (Fsp3) is 0.312. The van der Waals surface area contributed by atoms with Crippen LogP contribution in [0.5, 0.6) is 0 Å². The van der Waals surface area contributed by atoms with E-state index < -0.39 is 10.0 Å². The first kappa shape index (κ1) is 14.8. The minimum absolute atomic E-state index is 0.252. The fourth-order valence-electron chi connectivity index (χ4n) is 2.51. The van der Waals surface area contributed by atoms with Gasteiger partial charge in [-0.15, -0.1) is 0 Å². The molecule has 1 aromatic heterocycles. The lowest BCUT2D eigenvalue weighted by molar-refractivity contribution is 0.601. The van der Waals surface area contributed by atoms with Crippen LogP contribution in [0.25, 0.3) is 0 Å². The number of pyridine rings is 1. The molecule has 5 nitrogen and oxygen atoms in total. The first-order valence-electron chi connectivity index (χ1n) is 7.35. The van der Waals surface area contributed by atoms with E-state index in [0.29, 0.717) is 5.69 Å². The molecule has 0 saturated carbocycles. The Balaban J connectivity index is 1.75. The molecule has 3 rings (SSSR count). The van der Waals surface area contributed by atoms with Crippen molar-refractivity contribution in [3.8, 4) is 0 Å². The molecule has 6 heteroatoms. The van der Waals surface area contributed by atoms with Gasteiger partial charge in [-0.2, -0.15) is 0 Å². The highest BCUT2D eigenvalue weighted by atomic mass is 32.2. The first-order valence-corrected chi connectivity index (χ1v) is 8.83. The van der Waals surface area contributed by atoms with E-state index in [2.05, 4.69) is 14.6 Å². The molecule has 2 heterocycles. The van der Waals surface area contributed by atoms with E-state index in [1.165, 1.54) is 12.8 Å². The molecule has 1 N–H and O–H groups in total. The van der Waals surface area contributed by atoms with Gasteiger partial charge in [0, 0.05) is 13.1 Å². The number of rotatable bonds is 4. The third-order valence-corrected chi connectivity index (χ3v) is 5.16. The van der Waals surface area contributed by atoms with Crippen molar-refractivity contribution in [1.29, 1.82) is 0 Å². The first-order chi connectivity index (χ1) is 10.5. The molecule has 0 amide bonds. The molecular formula is C16H19N3O2S. The zero-order valence-electron chi connectivity index (χ0n) is 12.5. The Hall–Kier alpha value is -2.08. The summed E-state index contributed by atoms with van der Waals surface area (Å²) in [5.74, 6) is 0.899. The van der Waals surface area contributed by atoms with Gasteiger partial charge in [-0.3, -0.25) is 4.72 Å². The Labute approximate surface area is 131 Å². The molecular weight excluding hydrogens is 298 g/mol. The lowest BCUT2D eigenvalue weighted by Gasteiger charge is -2.16. The number of aryl methyl sites for hydroxylation is 1. The average molecular weight is 317 g/mol. The van der Waals surface area contributed by atoms with Crippen molar-refractivity contribution in [2.24, 2.45) is 0 Å². The Morgan fingerprint density at radius 3 is 2.32 bits per heavy atom. The van der Waals surface area contributed by atoms with Gasteiger partial charge in [0.15, 0.2) is 0 Å². The molecule has 1 aliphatic heterocycles. The van der Waals surface area contributed by atoms with Crippen LogP contribution in [-0.4, -0.2) is 26.5 Å². The molecule has 1 aromatic carbocycles. The number of aromatic nitrogens is 1. The van der Waals surface area contributed by atoms with Crippen molar-refractivity contribution >= 4 is 21.5 Å². The number of sulfonamides is 1. The average Bonchev–Trinajstić information content (AvgIpc) is 3.02. The number of benzene rings is 1. The highest BCUT2D eigenvalue weighted by molar-refractivity contribution is 7.92. The predicted molar refractivity (Wildman–Crippen MR) is 87.7 cm³/mol. The third kappa shape index (κ3) is 3.22. The summed E-state index contributed by atoms with van der Waals surface area (Å²) in [7, 11) is -3.57. The summed E-state index contributed by atoms with van der Waals surface area (Å²) in [5.41, 5.74) is 1.50. The summed E-state index contributed by atoms with van der Waals surface area (Å²) in [6.45, 7) is 3.95. The summed E-state index contributed by atoms with van der Waals surface area (Å²) in [4.78, 5) is 6.81. The Bertz CT molecular complexity index is 734. The second kappa shape index (κ2) is 5.96. The van der Waals surface area contributed by atoms with Crippen LogP contribution in [0.3, 0.4) is 0 Å². The number of nitrogens with one attached hydrogen (secondary N) is 1. The van der Waals surface area contributed by atoms with Gasteiger partial charge >= 0.3 is 0 Å². The minimum Gasteiger partial charge on any atom is -0.357 e. The van der Waals surface area contributed by atoms with E-state index in [-0.39, 0.29) is 4.90 Å². The number of hydrogen-bond donors (Lipinski definition) is 1. The molecule has 1 aliphatic rings. The van der Waals surface area contributed by atoms with Crippen LogP contribution in [0.1, 0.15) is 18.4 Å². The van der Waals surface area contributed by atoms with Crippen molar-refractivity contribution in [3.63, 3.8) is 0 Å². The molecule has 1 fully saturated rings. The van der Waals surface area contributed by atoms with Crippen molar-refractivity contribution in [1.82, 2.24) is 4.98 Å². The van der Waals surface area contributed by atoms with Gasteiger partial charge in [0.1, 0.15) is 5.82 Å². The summed E-state index contributed by atoms with van der Waals surface area (Å²) in [6.07, 6.45) is 3.94. The molecule has 0 spiro atoms. The zero-order valence-corrected chi connectivity index (χ0v) is 13.3. The Morgan fingerprint density at radius 1 is 1.05 bits per heavy atom. The van der Waals surface area contributed by atoms with Crippen molar-refractivity contribution < 1.29 is 8.42 Å². The van der Waals surface area contributed by atoms with Crippen molar-refractivity contribution in [2.45, 2.75) is 24.7 Å². The van der Waals surface area contributed by atoms with Crippen LogP contribution in [0.4, 0.5) is 11.5 Å². The highest BCUT2D eigenvalue weighted by Crippen LogP contribution is 2.21. The minimum atomic E-state index is -3.57. The van der Waals surface area contributed by atoms with Gasteiger partial charge in [-0.25, -0.2) is 13.4 Å². The molecule has 0 atom stereocenters. The number of anilines is 2. The van der Waals surface area contributed by atoms with E-state index >= 15 is 0 Å². The summed E-state index contributed by atoms with van der Waals surface area (Å²) in [5, 5.41) is 0. The predicted octanol–water partition coefficient (Wildman–Crippen LogP) is 2.79. The highest BCUT2D eigenvalue weighted by Gasteiger charge is 2.16. The lowest BCUT2D eigenvalue weighted by atomic mass is 10.2. The molecule has 0 bridgehead atoms. The molecule has 0 unspecified atom stereocenters. The van der Waals surface area contributed by atoms with Crippen LogP contribution in [-0.2, 0) is 10.0 Å². The smallest absolute Gasteiger partial charge is 0.261 e. The van der Waals surface area contributed by atoms with Crippen LogP contribution in [0, 0.1) is 6.92 Å². The molecule has 0 radical (unpaired) electrons. The van der Waals surface area contributed by atoms with Gasteiger partial charge in [-0.1, -0.05) is 17.7 Å². The monoisotopic (exact) mass is 317 g/mol. The van der Waals surface area contributed by atoms with Gasteiger partial charge < -0.3 is 4.90 Å². The van der Waals surface area contributed by atoms with E-state index in [1.807, 2.05) is 13.0 Å². The topological polar surface area (TPSA) is 62.3 Å². The zero-order chi connectivity index (χ0) is 15.6. The van der Waals surface area contributed by atoms with E-state index in [0.717, 1.165) is 24.5 Å². The van der Waals surface area contributed by atoms with Crippen LogP contribution in [0.15, 0.2) is 47.5 Å². The third-order valence-electron chi connectivity index (χ3n) is 3.76. The van der Waals surface area contributed by atoms with Crippen molar-refractivity contribution in [2.75, 3.05) is 22.7 Å². The molecule has 116 valence electrons. The largest absolute Gasteiger partial charge is 0.357 e. The number of nitrogens with zero attached hydrogens (tertiary/aromatic N) is 2. The second-order valence-electron chi connectivity index (χ2n) is 5.52. The van der Waals surface area contributed by atoms with Gasteiger partial charge in [0.2, 0.25) is 0 Å². The van der Waals surface area contributed by atoms with E-state index in [9.17, 15) is 8.42 Å².